The third-order valence-electron chi connectivity index (χ3n) is 2.98. The van der Waals surface area contributed by atoms with Gasteiger partial charge in [-0.15, -0.1) is 0 Å². The highest BCUT2D eigenvalue weighted by Crippen LogP contribution is 2.26. The molecule has 2 N–H and O–H groups in total. The molecule has 0 radical (unpaired) electrons. The average Bonchev–Trinajstić information content (AvgIpc) is 2.49. The number of phenolic OH excluding ortho intramolecular Hbond substituents is 1. The van der Waals surface area contributed by atoms with Crippen molar-refractivity contribution in [3.63, 3.8) is 0 Å². The van der Waals surface area contributed by atoms with Crippen molar-refractivity contribution in [2.24, 2.45) is 0 Å². The number of likely N-dealkylation sites (N-methyl/N-ethyl adjacent to an activating group) is 1. The minimum Gasteiger partial charge on any atom is -0.508 e. The van der Waals surface area contributed by atoms with E-state index in [2.05, 4.69) is 45.5 Å². The normalized spacial score (nSPS) is 11.4. The number of nitrogens with one attached hydrogen (secondary N) is 1. The van der Waals surface area contributed by atoms with Gasteiger partial charge in [-0.05, 0) is 42.4 Å². The van der Waals surface area contributed by atoms with Crippen molar-refractivity contribution < 1.29 is 5.11 Å². The zero-order chi connectivity index (χ0) is 15.0. The first-order valence-corrected chi connectivity index (χ1v) is 7.69. The third kappa shape index (κ3) is 4.66. The molecule has 1 unspecified atom stereocenters. The molecule has 0 saturated carbocycles. The number of hydrogen-bond acceptors (Lipinski definition) is 2. The van der Waals surface area contributed by atoms with Crippen molar-refractivity contribution in [1.29, 1.82) is 0 Å². The summed E-state index contributed by atoms with van der Waals surface area (Å²) in [6, 6.07) is 15.8. The zero-order valence-electron chi connectivity index (χ0n) is 12.2. The van der Waals surface area contributed by atoms with Gasteiger partial charge in [-0.1, -0.05) is 54.0 Å². The van der Waals surface area contributed by atoms with Gasteiger partial charge in [0.05, 0.1) is 0 Å². The van der Waals surface area contributed by atoms with E-state index in [-0.39, 0.29) is 0 Å². The Morgan fingerprint density at radius 3 is 1.85 bits per heavy atom. The molecule has 0 aromatic heterocycles. The zero-order valence-corrected chi connectivity index (χ0v) is 13.8. The Bertz CT molecular complexity index is 448. The number of hydrogen-bond donors (Lipinski definition) is 2. The predicted octanol–water partition coefficient (Wildman–Crippen LogP) is 4.53. The standard InChI is InChI=1S/C15H16BrNO.C2H6/c1-17-10-15(11-2-6-13(16)7-3-11)12-4-8-14(18)9-5-12;1-2/h2-9,15,17-18H,10H2,1H3;1-2H3. The Balaban J connectivity index is 0.000000956. The van der Waals surface area contributed by atoms with E-state index in [1.165, 1.54) is 11.1 Å². The first-order chi connectivity index (χ1) is 9.70. The van der Waals surface area contributed by atoms with E-state index in [0.717, 1.165) is 11.0 Å². The van der Waals surface area contributed by atoms with Crippen molar-refractivity contribution in [2.45, 2.75) is 19.8 Å². The number of halogens is 1. The van der Waals surface area contributed by atoms with Crippen LogP contribution in [0, 0.1) is 0 Å². The highest BCUT2D eigenvalue weighted by atomic mass is 79.9. The van der Waals surface area contributed by atoms with Crippen LogP contribution in [0.3, 0.4) is 0 Å². The molecule has 0 spiro atoms. The molecule has 1 atom stereocenters. The molecule has 20 heavy (non-hydrogen) atoms. The molecule has 0 bridgehead atoms. The van der Waals surface area contributed by atoms with E-state index in [1.807, 2.05) is 33.0 Å². The molecule has 0 aliphatic heterocycles. The van der Waals surface area contributed by atoms with Gasteiger partial charge >= 0.3 is 0 Å². The Hall–Kier alpha value is -1.32. The summed E-state index contributed by atoms with van der Waals surface area (Å²) in [5, 5.41) is 12.6. The van der Waals surface area contributed by atoms with Crippen LogP contribution in [0.4, 0.5) is 0 Å². The lowest BCUT2D eigenvalue weighted by Crippen LogP contribution is -2.18. The summed E-state index contributed by atoms with van der Waals surface area (Å²) < 4.78 is 1.08. The van der Waals surface area contributed by atoms with Crippen LogP contribution in [0.5, 0.6) is 5.75 Å². The van der Waals surface area contributed by atoms with Gasteiger partial charge in [-0.25, -0.2) is 0 Å². The number of benzene rings is 2. The van der Waals surface area contributed by atoms with Gasteiger partial charge in [-0.3, -0.25) is 0 Å². The molecular formula is C17H22BrNO. The smallest absolute Gasteiger partial charge is 0.115 e. The molecule has 2 nitrogen and oxygen atoms in total. The van der Waals surface area contributed by atoms with E-state index in [1.54, 1.807) is 12.1 Å². The lowest BCUT2D eigenvalue weighted by atomic mass is 9.91. The first kappa shape index (κ1) is 16.7. The number of phenols is 1. The second kappa shape index (κ2) is 8.77. The Morgan fingerprint density at radius 1 is 0.950 bits per heavy atom. The van der Waals surface area contributed by atoms with Crippen LogP contribution in [0.25, 0.3) is 0 Å². The van der Waals surface area contributed by atoms with Gasteiger partial charge in [0.2, 0.25) is 0 Å². The summed E-state index contributed by atoms with van der Waals surface area (Å²) >= 11 is 3.45. The van der Waals surface area contributed by atoms with Crippen LogP contribution in [0.15, 0.2) is 53.0 Å². The van der Waals surface area contributed by atoms with Crippen LogP contribution in [-0.2, 0) is 0 Å². The molecule has 0 aliphatic carbocycles. The molecule has 2 aromatic rings. The average molecular weight is 336 g/mol. The molecule has 0 aliphatic rings. The lowest BCUT2D eigenvalue weighted by molar-refractivity contribution is 0.475. The Morgan fingerprint density at radius 2 is 1.40 bits per heavy atom. The van der Waals surface area contributed by atoms with Crippen molar-refractivity contribution in [1.82, 2.24) is 5.32 Å². The van der Waals surface area contributed by atoms with Crippen LogP contribution in [0.1, 0.15) is 30.9 Å². The summed E-state index contributed by atoms with van der Waals surface area (Å²) in [5.41, 5.74) is 2.46. The summed E-state index contributed by atoms with van der Waals surface area (Å²) in [6.07, 6.45) is 0. The first-order valence-electron chi connectivity index (χ1n) is 6.89. The predicted molar refractivity (Wildman–Crippen MR) is 89.4 cm³/mol. The van der Waals surface area contributed by atoms with Crippen molar-refractivity contribution in [3.05, 3.63) is 64.1 Å². The van der Waals surface area contributed by atoms with Gasteiger partial charge in [0.1, 0.15) is 5.75 Å². The van der Waals surface area contributed by atoms with Crippen molar-refractivity contribution in [3.8, 4) is 5.75 Å². The van der Waals surface area contributed by atoms with Gasteiger partial charge < -0.3 is 10.4 Å². The van der Waals surface area contributed by atoms with Gasteiger partial charge in [0, 0.05) is 16.9 Å². The van der Waals surface area contributed by atoms with E-state index >= 15 is 0 Å². The summed E-state index contributed by atoms with van der Waals surface area (Å²) in [7, 11) is 1.95. The highest BCUT2D eigenvalue weighted by molar-refractivity contribution is 9.10. The molecule has 108 valence electrons. The fourth-order valence-electron chi connectivity index (χ4n) is 2.03. The summed E-state index contributed by atoms with van der Waals surface area (Å²) in [4.78, 5) is 0. The summed E-state index contributed by atoms with van der Waals surface area (Å²) in [5.74, 6) is 0.599. The topological polar surface area (TPSA) is 32.3 Å². The molecule has 3 heteroatoms. The SMILES string of the molecule is CC.CNCC(c1ccc(O)cc1)c1ccc(Br)cc1. The van der Waals surface area contributed by atoms with E-state index in [4.69, 9.17) is 0 Å². The molecule has 0 fully saturated rings. The van der Waals surface area contributed by atoms with E-state index in [0.29, 0.717) is 11.7 Å². The van der Waals surface area contributed by atoms with Gasteiger partial charge in [-0.2, -0.15) is 0 Å². The molecular weight excluding hydrogens is 314 g/mol. The molecule has 0 amide bonds. The second-order valence-electron chi connectivity index (χ2n) is 4.25. The number of aromatic hydroxyl groups is 1. The van der Waals surface area contributed by atoms with E-state index < -0.39 is 0 Å². The highest BCUT2D eigenvalue weighted by Gasteiger charge is 2.13. The van der Waals surface area contributed by atoms with Gasteiger partial charge in [0.25, 0.3) is 0 Å². The lowest BCUT2D eigenvalue weighted by Gasteiger charge is -2.18. The maximum Gasteiger partial charge on any atom is 0.115 e. The summed E-state index contributed by atoms with van der Waals surface area (Å²) in [6.45, 7) is 4.87. The molecule has 2 rings (SSSR count). The third-order valence-corrected chi connectivity index (χ3v) is 3.50. The fraction of sp³-hybridized carbons (Fsp3) is 0.294. The molecule has 2 aromatic carbocycles. The minimum absolute atomic E-state index is 0.295. The van der Waals surface area contributed by atoms with Crippen LogP contribution in [0.2, 0.25) is 0 Å². The van der Waals surface area contributed by atoms with Crippen LogP contribution < -0.4 is 5.32 Å². The van der Waals surface area contributed by atoms with Crippen LogP contribution >= 0.6 is 15.9 Å². The monoisotopic (exact) mass is 335 g/mol. The Labute approximate surface area is 130 Å². The Kier molecular flexibility index (Phi) is 7.34. The minimum atomic E-state index is 0.295. The maximum atomic E-state index is 9.35. The van der Waals surface area contributed by atoms with Crippen LogP contribution in [-0.4, -0.2) is 18.7 Å². The molecule has 0 saturated heterocycles. The van der Waals surface area contributed by atoms with Gasteiger partial charge in [0.15, 0.2) is 0 Å². The van der Waals surface area contributed by atoms with Crippen molar-refractivity contribution in [2.75, 3.05) is 13.6 Å². The molecule has 0 heterocycles. The fourth-order valence-corrected chi connectivity index (χ4v) is 2.30. The second-order valence-corrected chi connectivity index (χ2v) is 5.17. The van der Waals surface area contributed by atoms with E-state index in [9.17, 15) is 5.11 Å². The number of rotatable bonds is 4. The van der Waals surface area contributed by atoms with Crippen molar-refractivity contribution >= 4 is 15.9 Å². The quantitative estimate of drug-likeness (QED) is 0.860. The maximum absolute atomic E-state index is 9.35. The largest absolute Gasteiger partial charge is 0.508 e.